The Morgan fingerprint density at radius 2 is 2.11 bits per heavy atom. The molecule has 0 radical (unpaired) electrons. The van der Waals surface area contributed by atoms with Crippen LogP contribution in [0.3, 0.4) is 0 Å². The van der Waals surface area contributed by atoms with E-state index < -0.39 is 11.9 Å². The molecule has 0 aromatic carbocycles. The van der Waals surface area contributed by atoms with Gasteiger partial charge in [-0.1, -0.05) is 12.7 Å². The van der Waals surface area contributed by atoms with Crippen molar-refractivity contribution in [2.24, 2.45) is 0 Å². The molecule has 0 unspecified atom stereocenters. The molecule has 1 aromatic heterocycles. The van der Waals surface area contributed by atoms with E-state index in [1.807, 2.05) is 6.07 Å². The topological polar surface area (TPSA) is 65.7 Å². The quantitative estimate of drug-likeness (QED) is 0.428. The molecule has 0 amide bonds. The van der Waals surface area contributed by atoms with Crippen LogP contribution in [0.25, 0.3) is 0 Å². The Balaban J connectivity index is 2.12. The van der Waals surface area contributed by atoms with Gasteiger partial charge in [-0.15, -0.1) is 0 Å². The fourth-order valence-electron chi connectivity index (χ4n) is 1.15. The molecule has 19 heavy (non-hydrogen) atoms. The van der Waals surface area contributed by atoms with Crippen LogP contribution in [0.4, 0.5) is 0 Å². The molecule has 0 bridgehead atoms. The van der Waals surface area contributed by atoms with Crippen LogP contribution in [0, 0.1) is 0 Å². The number of hydrogen-bond donors (Lipinski definition) is 0. The summed E-state index contributed by atoms with van der Waals surface area (Å²) in [5.41, 5.74) is 0.310. The number of hydrogen-bond acceptors (Lipinski definition) is 5. The van der Waals surface area contributed by atoms with Gasteiger partial charge in [0.1, 0.15) is 19.0 Å². The first-order valence-corrected chi connectivity index (χ1v) is 5.78. The van der Waals surface area contributed by atoms with Crippen LogP contribution in [0.2, 0.25) is 0 Å². The molecule has 0 saturated carbocycles. The molecule has 0 atom stereocenters. The van der Waals surface area contributed by atoms with Crippen LogP contribution < -0.4 is 0 Å². The van der Waals surface area contributed by atoms with Crippen molar-refractivity contribution in [2.45, 2.75) is 13.3 Å². The second-order valence-electron chi connectivity index (χ2n) is 3.77. The van der Waals surface area contributed by atoms with Gasteiger partial charge in [-0.25, -0.2) is 9.59 Å². The average Bonchev–Trinajstić information content (AvgIpc) is 2.87. The van der Waals surface area contributed by atoms with Crippen molar-refractivity contribution in [2.75, 3.05) is 13.2 Å². The minimum Gasteiger partial charge on any atom is -0.469 e. The Labute approximate surface area is 111 Å². The molecule has 5 heteroatoms. The van der Waals surface area contributed by atoms with Gasteiger partial charge in [-0.3, -0.25) is 0 Å². The van der Waals surface area contributed by atoms with Crippen molar-refractivity contribution in [3.8, 4) is 0 Å². The third kappa shape index (κ3) is 6.26. The summed E-state index contributed by atoms with van der Waals surface area (Å²) in [4.78, 5) is 22.3. The van der Waals surface area contributed by atoms with Gasteiger partial charge < -0.3 is 13.9 Å². The lowest BCUT2D eigenvalue weighted by Crippen LogP contribution is -2.13. The maximum atomic E-state index is 11.3. The lowest BCUT2D eigenvalue weighted by atomic mass is 10.3. The molecule has 1 rings (SSSR count). The number of allylic oxidation sites excluding steroid dienone is 1. The molecular formula is C14H16O5. The van der Waals surface area contributed by atoms with Crippen LogP contribution in [0.5, 0.6) is 0 Å². The van der Waals surface area contributed by atoms with Crippen LogP contribution in [-0.2, 0) is 25.5 Å². The van der Waals surface area contributed by atoms with Crippen LogP contribution in [0.15, 0.2) is 47.1 Å². The van der Waals surface area contributed by atoms with Gasteiger partial charge in [0, 0.05) is 18.1 Å². The van der Waals surface area contributed by atoms with E-state index in [0.717, 1.165) is 5.76 Å². The zero-order chi connectivity index (χ0) is 14.1. The largest absolute Gasteiger partial charge is 0.469 e. The molecule has 0 aliphatic rings. The fourth-order valence-corrected chi connectivity index (χ4v) is 1.15. The molecule has 0 aliphatic carbocycles. The second kappa shape index (κ2) is 7.92. The maximum absolute atomic E-state index is 11.3. The van der Waals surface area contributed by atoms with Crippen molar-refractivity contribution >= 4 is 11.9 Å². The predicted molar refractivity (Wildman–Crippen MR) is 68.3 cm³/mol. The number of ether oxygens (including phenoxy) is 2. The fraction of sp³-hybridized carbons (Fsp3) is 0.286. The van der Waals surface area contributed by atoms with Gasteiger partial charge in [0.05, 0.1) is 6.26 Å². The number of esters is 2. The van der Waals surface area contributed by atoms with Crippen molar-refractivity contribution in [3.05, 3.63) is 48.5 Å². The molecule has 0 fully saturated rings. The van der Waals surface area contributed by atoms with Gasteiger partial charge in [0.2, 0.25) is 0 Å². The maximum Gasteiger partial charge on any atom is 0.333 e. The Hall–Kier alpha value is -2.30. The van der Waals surface area contributed by atoms with Crippen molar-refractivity contribution in [3.63, 3.8) is 0 Å². The van der Waals surface area contributed by atoms with Gasteiger partial charge in [0.15, 0.2) is 0 Å². The van der Waals surface area contributed by atoms with Gasteiger partial charge in [-0.05, 0) is 19.1 Å². The first-order valence-electron chi connectivity index (χ1n) is 5.78. The van der Waals surface area contributed by atoms with Gasteiger partial charge >= 0.3 is 11.9 Å². The second-order valence-corrected chi connectivity index (χ2v) is 3.77. The highest BCUT2D eigenvalue weighted by molar-refractivity contribution is 5.87. The van der Waals surface area contributed by atoms with Crippen molar-refractivity contribution < 1.29 is 23.5 Å². The molecule has 102 valence electrons. The predicted octanol–water partition coefficient (Wildman–Crippen LogP) is 2.04. The minimum absolute atomic E-state index is 0.0168. The monoisotopic (exact) mass is 264 g/mol. The normalized spacial score (nSPS) is 10.4. The minimum atomic E-state index is -0.496. The summed E-state index contributed by atoms with van der Waals surface area (Å²) in [7, 11) is 0. The summed E-state index contributed by atoms with van der Waals surface area (Å²) in [6, 6.07) is 3.59. The third-order valence-corrected chi connectivity index (χ3v) is 2.06. The van der Waals surface area contributed by atoms with E-state index in [1.54, 1.807) is 25.3 Å². The molecule has 1 heterocycles. The van der Waals surface area contributed by atoms with E-state index in [4.69, 9.17) is 13.9 Å². The Morgan fingerprint density at radius 3 is 2.74 bits per heavy atom. The smallest absolute Gasteiger partial charge is 0.333 e. The molecule has 5 nitrogen and oxygen atoms in total. The standard InChI is InChI=1S/C14H16O5/c1-11(2)14(16)19-10-9-18-13(15)7-3-5-12-6-4-8-17-12/h3-4,6-8H,1,5,9-10H2,2H3. The van der Waals surface area contributed by atoms with Crippen molar-refractivity contribution in [1.29, 1.82) is 0 Å². The summed E-state index contributed by atoms with van der Waals surface area (Å²) < 4.78 is 14.7. The molecule has 0 aliphatic heterocycles. The Morgan fingerprint density at radius 1 is 1.37 bits per heavy atom. The number of carbonyl (C=O) groups excluding carboxylic acids is 2. The molecular weight excluding hydrogens is 248 g/mol. The zero-order valence-corrected chi connectivity index (χ0v) is 10.8. The highest BCUT2D eigenvalue weighted by Gasteiger charge is 2.03. The summed E-state index contributed by atoms with van der Waals surface area (Å²) in [5, 5.41) is 0. The molecule has 0 N–H and O–H groups in total. The lowest BCUT2D eigenvalue weighted by molar-refractivity contribution is -0.146. The highest BCUT2D eigenvalue weighted by Crippen LogP contribution is 2.01. The van der Waals surface area contributed by atoms with Crippen LogP contribution in [-0.4, -0.2) is 25.2 Å². The van der Waals surface area contributed by atoms with E-state index in [-0.39, 0.29) is 13.2 Å². The number of rotatable bonds is 7. The molecule has 0 saturated heterocycles. The summed E-state index contributed by atoms with van der Waals surface area (Å²) in [6.07, 6.45) is 5.04. The van der Waals surface area contributed by atoms with Gasteiger partial charge in [-0.2, -0.15) is 0 Å². The highest BCUT2D eigenvalue weighted by atomic mass is 16.6. The average molecular weight is 264 g/mol. The zero-order valence-electron chi connectivity index (χ0n) is 10.8. The first kappa shape index (κ1) is 14.8. The van der Waals surface area contributed by atoms with Crippen LogP contribution >= 0.6 is 0 Å². The molecule has 0 spiro atoms. The summed E-state index contributed by atoms with van der Waals surface area (Å²) in [5.74, 6) is -0.221. The summed E-state index contributed by atoms with van der Waals surface area (Å²) >= 11 is 0. The van der Waals surface area contributed by atoms with Crippen LogP contribution in [0.1, 0.15) is 12.7 Å². The van der Waals surface area contributed by atoms with E-state index in [0.29, 0.717) is 12.0 Å². The van der Waals surface area contributed by atoms with Gasteiger partial charge in [0.25, 0.3) is 0 Å². The van der Waals surface area contributed by atoms with E-state index >= 15 is 0 Å². The number of furan rings is 1. The Kier molecular flexibility index (Phi) is 6.15. The third-order valence-electron chi connectivity index (χ3n) is 2.06. The first-order chi connectivity index (χ1) is 9.09. The summed E-state index contributed by atoms with van der Waals surface area (Å²) in [6.45, 7) is 5.01. The van der Waals surface area contributed by atoms with Crippen molar-refractivity contribution in [1.82, 2.24) is 0 Å². The lowest BCUT2D eigenvalue weighted by Gasteiger charge is -2.04. The van der Waals surface area contributed by atoms with E-state index in [1.165, 1.54) is 6.08 Å². The van der Waals surface area contributed by atoms with E-state index in [2.05, 4.69) is 6.58 Å². The molecule has 1 aromatic rings. The van der Waals surface area contributed by atoms with E-state index in [9.17, 15) is 9.59 Å². The Bertz CT molecular complexity index is 456. The SMILES string of the molecule is C=C(C)C(=O)OCCOC(=O)C=CCc1ccco1. The number of carbonyl (C=O) groups is 2.